The highest BCUT2D eigenvalue weighted by Crippen LogP contribution is 2.28. The van der Waals surface area contributed by atoms with Crippen LogP contribution in [0.1, 0.15) is 44.2 Å². The first kappa shape index (κ1) is 26.8. The number of nitrogens with zero attached hydrogens (tertiary/aromatic N) is 2. The second-order valence-corrected chi connectivity index (χ2v) is 7.70. The number of halogens is 1. The van der Waals surface area contributed by atoms with Crippen molar-refractivity contribution in [3.05, 3.63) is 53.6 Å². The average molecular weight is 566 g/mol. The zero-order valence-corrected chi connectivity index (χ0v) is 22.1. The maximum absolute atomic E-state index is 11.9. The van der Waals surface area contributed by atoms with E-state index in [1.54, 1.807) is 7.11 Å². The number of amides is 1. The van der Waals surface area contributed by atoms with Crippen molar-refractivity contribution in [1.82, 2.24) is 10.6 Å². The summed E-state index contributed by atoms with van der Waals surface area (Å²) in [6.07, 6.45) is 2.53. The topological polar surface area (TPSA) is 75.2 Å². The highest BCUT2D eigenvalue weighted by Gasteiger charge is 2.21. The van der Waals surface area contributed by atoms with Crippen LogP contribution in [0.3, 0.4) is 0 Å². The molecule has 0 bridgehead atoms. The Morgan fingerprint density at radius 3 is 2.45 bits per heavy atom. The first-order chi connectivity index (χ1) is 15.6. The van der Waals surface area contributed by atoms with E-state index in [2.05, 4.69) is 29.7 Å². The monoisotopic (exact) mass is 566 g/mol. The van der Waals surface area contributed by atoms with Crippen LogP contribution in [0.2, 0.25) is 0 Å². The van der Waals surface area contributed by atoms with E-state index in [9.17, 15) is 4.79 Å². The van der Waals surface area contributed by atoms with Gasteiger partial charge in [-0.1, -0.05) is 25.1 Å². The first-order valence-corrected chi connectivity index (χ1v) is 11.4. The third kappa shape index (κ3) is 7.80. The molecule has 2 aromatic carbocycles. The molecule has 2 aromatic rings. The van der Waals surface area contributed by atoms with Crippen molar-refractivity contribution in [2.75, 3.05) is 31.7 Å². The molecule has 1 aliphatic rings. The molecule has 8 heteroatoms. The van der Waals surface area contributed by atoms with E-state index >= 15 is 0 Å². The van der Waals surface area contributed by atoms with E-state index in [1.165, 1.54) is 0 Å². The Morgan fingerprint density at radius 2 is 1.82 bits per heavy atom. The molecule has 180 valence electrons. The maximum atomic E-state index is 11.9. The van der Waals surface area contributed by atoms with Crippen LogP contribution >= 0.6 is 24.0 Å². The number of aliphatic imine (C=N–C) groups is 1. The molecule has 0 aliphatic carbocycles. The van der Waals surface area contributed by atoms with Gasteiger partial charge in [-0.05, 0) is 55.2 Å². The lowest BCUT2D eigenvalue weighted by molar-refractivity contribution is -0.117. The smallest absolute Gasteiger partial charge is 0.227 e. The minimum atomic E-state index is 0. The van der Waals surface area contributed by atoms with Gasteiger partial charge in [-0.15, -0.1) is 24.0 Å². The standard InChI is InChI=1S/C25H34N4O3.HI/c1-4-15-32-22-13-10-20(16-23(22)31-3)18-28-25(26-5-2)27-17-19-8-11-21(12-9-19)29-14-6-7-24(29)30;/h8-13,16H,4-7,14-15,17-18H2,1-3H3,(H2,26,27,28);1H. The summed E-state index contributed by atoms with van der Waals surface area (Å²) in [6, 6.07) is 14.0. The van der Waals surface area contributed by atoms with Crippen LogP contribution in [0.5, 0.6) is 11.5 Å². The molecule has 0 atom stereocenters. The van der Waals surface area contributed by atoms with Gasteiger partial charge in [0.2, 0.25) is 5.91 Å². The van der Waals surface area contributed by atoms with Crippen LogP contribution in [-0.4, -0.2) is 38.7 Å². The lowest BCUT2D eigenvalue weighted by Gasteiger charge is -2.16. The van der Waals surface area contributed by atoms with Crippen LogP contribution in [-0.2, 0) is 17.9 Å². The molecule has 1 saturated heterocycles. The zero-order chi connectivity index (χ0) is 22.8. The molecular weight excluding hydrogens is 531 g/mol. The van der Waals surface area contributed by atoms with E-state index in [0.717, 1.165) is 60.2 Å². The quantitative estimate of drug-likeness (QED) is 0.252. The molecule has 0 aromatic heterocycles. The fourth-order valence-corrected chi connectivity index (χ4v) is 3.55. The number of ether oxygens (including phenoxy) is 2. The van der Waals surface area contributed by atoms with Crippen molar-refractivity contribution >= 4 is 41.5 Å². The SMILES string of the molecule is CCCOc1ccc(CN=C(NCC)NCc2ccc(N3CCCC3=O)cc2)cc1OC.I. The summed E-state index contributed by atoms with van der Waals surface area (Å²) in [5.74, 6) is 2.43. The third-order valence-corrected chi connectivity index (χ3v) is 5.24. The minimum Gasteiger partial charge on any atom is -0.493 e. The fourth-order valence-electron chi connectivity index (χ4n) is 3.55. The average Bonchev–Trinajstić information content (AvgIpc) is 3.25. The van der Waals surface area contributed by atoms with Gasteiger partial charge in [0.05, 0.1) is 20.3 Å². The van der Waals surface area contributed by atoms with Gasteiger partial charge in [0.25, 0.3) is 0 Å². The predicted molar refractivity (Wildman–Crippen MR) is 144 cm³/mol. The molecule has 1 fully saturated rings. The van der Waals surface area contributed by atoms with Gasteiger partial charge >= 0.3 is 0 Å². The molecule has 0 radical (unpaired) electrons. The summed E-state index contributed by atoms with van der Waals surface area (Å²) in [5.41, 5.74) is 3.14. The number of carbonyl (C=O) groups is 1. The lowest BCUT2D eigenvalue weighted by Crippen LogP contribution is -2.36. The number of anilines is 1. The maximum Gasteiger partial charge on any atom is 0.227 e. The van der Waals surface area contributed by atoms with Gasteiger partial charge < -0.3 is 25.0 Å². The van der Waals surface area contributed by atoms with Crippen LogP contribution < -0.4 is 25.0 Å². The molecule has 1 heterocycles. The highest BCUT2D eigenvalue weighted by atomic mass is 127. The van der Waals surface area contributed by atoms with Gasteiger partial charge in [0.15, 0.2) is 17.5 Å². The number of rotatable bonds is 10. The molecule has 2 N–H and O–H groups in total. The number of carbonyl (C=O) groups excluding carboxylic acids is 1. The fraction of sp³-hybridized carbons (Fsp3) is 0.440. The van der Waals surface area contributed by atoms with Crippen LogP contribution in [0.4, 0.5) is 5.69 Å². The van der Waals surface area contributed by atoms with Crippen molar-refractivity contribution in [3.8, 4) is 11.5 Å². The number of nitrogens with one attached hydrogen (secondary N) is 2. The van der Waals surface area contributed by atoms with Crippen molar-refractivity contribution < 1.29 is 14.3 Å². The van der Waals surface area contributed by atoms with Gasteiger partial charge in [-0.25, -0.2) is 4.99 Å². The predicted octanol–water partition coefficient (Wildman–Crippen LogP) is 4.48. The third-order valence-electron chi connectivity index (χ3n) is 5.24. The van der Waals surface area contributed by atoms with Gasteiger partial charge in [0.1, 0.15) is 0 Å². The van der Waals surface area contributed by atoms with Crippen molar-refractivity contribution in [3.63, 3.8) is 0 Å². The number of guanidine groups is 1. The Bertz CT molecular complexity index is 918. The molecule has 3 rings (SSSR count). The summed E-state index contributed by atoms with van der Waals surface area (Å²) < 4.78 is 11.2. The Labute approximate surface area is 214 Å². The molecule has 7 nitrogen and oxygen atoms in total. The number of hydrogen-bond acceptors (Lipinski definition) is 4. The summed E-state index contributed by atoms with van der Waals surface area (Å²) in [6.45, 7) is 7.54. The van der Waals surface area contributed by atoms with Crippen molar-refractivity contribution in [1.29, 1.82) is 0 Å². The Balaban J connectivity index is 0.00000385. The Hall–Kier alpha value is -2.49. The van der Waals surface area contributed by atoms with E-state index in [-0.39, 0.29) is 29.9 Å². The van der Waals surface area contributed by atoms with Crippen molar-refractivity contribution in [2.24, 2.45) is 4.99 Å². The van der Waals surface area contributed by atoms with Crippen molar-refractivity contribution in [2.45, 2.75) is 46.2 Å². The van der Waals surface area contributed by atoms with E-state index < -0.39 is 0 Å². The van der Waals surface area contributed by atoms with Gasteiger partial charge in [-0.2, -0.15) is 0 Å². The normalized spacial score (nSPS) is 13.5. The molecular formula is C25H35IN4O3. The van der Waals surface area contributed by atoms with E-state index in [0.29, 0.717) is 26.1 Å². The van der Waals surface area contributed by atoms with Gasteiger partial charge in [-0.3, -0.25) is 4.79 Å². The van der Waals surface area contributed by atoms with E-state index in [1.807, 2.05) is 42.2 Å². The van der Waals surface area contributed by atoms with E-state index in [4.69, 9.17) is 14.5 Å². The summed E-state index contributed by atoms with van der Waals surface area (Å²) >= 11 is 0. The number of benzene rings is 2. The molecule has 0 unspecified atom stereocenters. The molecule has 1 aliphatic heterocycles. The Morgan fingerprint density at radius 1 is 1.06 bits per heavy atom. The number of methoxy groups -OCH3 is 1. The largest absolute Gasteiger partial charge is 0.493 e. The first-order valence-electron chi connectivity index (χ1n) is 11.4. The van der Waals surface area contributed by atoms with Crippen LogP contribution in [0.25, 0.3) is 0 Å². The second kappa shape index (κ2) is 13.9. The minimum absolute atomic E-state index is 0. The molecule has 0 spiro atoms. The summed E-state index contributed by atoms with van der Waals surface area (Å²) in [7, 11) is 1.65. The highest BCUT2D eigenvalue weighted by molar-refractivity contribution is 14.0. The molecule has 0 saturated carbocycles. The Kier molecular flexibility index (Phi) is 11.3. The lowest BCUT2D eigenvalue weighted by atomic mass is 10.2. The summed E-state index contributed by atoms with van der Waals surface area (Å²) in [5, 5.41) is 6.66. The van der Waals surface area contributed by atoms with Crippen LogP contribution in [0.15, 0.2) is 47.5 Å². The number of hydrogen-bond donors (Lipinski definition) is 2. The summed E-state index contributed by atoms with van der Waals surface area (Å²) in [4.78, 5) is 18.5. The molecule has 33 heavy (non-hydrogen) atoms. The van der Waals surface area contributed by atoms with Gasteiger partial charge in [0, 0.05) is 31.7 Å². The molecule has 1 amide bonds. The van der Waals surface area contributed by atoms with Crippen LogP contribution in [0, 0.1) is 0 Å². The zero-order valence-electron chi connectivity index (χ0n) is 19.7. The second-order valence-electron chi connectivity index (χ2n) is 7.70.